The number of hydrogen-bond donors (Lipinski definition) is 3. The van der Waals surface area contributed by atoms with Crippen LogP contribution >= 0.6 is 22.7 Å². The minimum absolute atomic E-state index is 0.0134. The van der Waals surface area contributed by atoms with Crippen LogP contribution < -0.4 is 30.5 Å². The van der Waals surface area contributed by atoms with Gasteiger partial charge >= 0.3 is 18.3 Å². The Kier molecular flexibility index (Phi) is 20.7. The molecule has 2 aliphatic rings. The first-order valence-electron chi connectivity index (χ1n) is 26.0. The Labute approximate surface area is 467 Å². The molecule has 430 valence electrons. The average molecular weight is 1160 g/mol. The molecule has 0 spiro atoms. The summed E-state index contributed by atoms with van der Waals surface area (Å²) in [6.45, 7) is 20.4. The predicted molar refractivity (Wildman–Crippen MR) is 296 cm³/mol. The first-order valence-corrected chi connectivity index (χ1v) is 29.0. The van der Waals surface area contributed by atoms with Crippen molar-refractivity contribution in [2.45, 2.75) is 143 Å². The Bertz CT molecular complexity index is 3030. The molecule has 0 aliphatic carbocycles. The fourth-order valence-electron chi connectivity index (χ4n) is 8.46. The minimum Gasteiger partial charge on any atom is -0.456 e. The van der Waals surface area contributed by atoms with E-state index >= 15 is 4.39 Å². The maximum atomic E-state index is 15.0. The second kappa shape index (κ2) is 26.4. The third kappa shape index (κ3) is 17.6. The van der Waals surface area contributed by atoms with E-state index in [0.717, 1.165) is 69.7 Å². The summed E-state index contributed by atoms with van der Waals surface area (Å²) in [5, 5.41) is 10.2. The molecule has 2 saturated heterocycles. The van der Waals surface area contributed by atoms with Crippen molar-refractivity contribution in [3.63, 3.8) is 0 Å². The third-order valence-electron chi connectivity index (χ3n) is 12.2. The summed E-state index contributed by atoms with van der Waals surface area (Å²) in [5.41, 5.74) is 4.04. The number of esters is 2. The molecule has 2 atom stereocenters. The van der Waals surface area contributed by atoms with Crippen LogP contribution in [0.5, 0.6) is 5.75 Å². The standard InChI is InChI=1S/C31H36F4N4O6S2.C24H34N4O3S/c1-6-7-20-8-10-21(11-9-20)17-36-27(40)24-18-38(29-37-19(2)26(46-29)28(41)45-30(3,4)5)14-15-39(24)47(42,43)25-13-12-22(16-23(25)32)44-31(33,34)35;1-6-7-17-8-10-18(11-9-17)14-26-21(29)19-15-28(13-12-25-19)23-27-16(2)20(32-23)22(30)31-24(3,4)5/h8-13,16,24H,6-7,14-15,17-18H2,1-5H3,(H,36,40);8-11,19,25H,6-7,12-15H2,1-5H3,(H,26,29)/t24-;19-/m11/s1. The maximum absolute atomic E-state index is 15.0. The van der Waals surface area contributed by atoms with Gasteiger partial charge in [0.15, 0.2) is 10.3 Å². The van der Waals surface area contributed by atoms with E-state index in [-0.39, 0.29) is 49.0 Å². The molecule has 2 fully saturated rings. The molecule has 0 bridgehead atoms. The highest BCUT2D eigenvalue weighted by Crippen LogP contribution is 2.34. The molecule has 5 aromatic rings. The highest BCUT2D eigenvalue weighted by molar-refractivity contribution is 7.89. The Balaban J connectivity index is 0.000000274. The Morgan fingerprint density at radius 3 is 1.61 bits per heavy atom. The van der Waals surface area contributed by atoms with Crippen LogP contribution in [0.1, 0.15) is 121 Å². The molecule has 0 radical (unpaired) electrons. The fraction of sp³-hybridized carbons (Fsp3) is 0.491. The monoisotopic (exact) mass is 1160 g/mol. The summed E-state index contributed by atoms with van der Waals surface area (Å²) >= 11 is 2.36. The lowest BCUT2D eigenvalue weighted by Gasteiger charge is -2.39. The van der Waals surface area contributed by atoms with Crippen molar-refractivity contribution in [2.24, 2.45) is 0 Å². The largest absolute Gasteiger partial charge is 0.573 e. The molecule has 17 nitrogen and oxygen atoms in total. The lowest BCUT2D eigenvalue weighted by Crippen LogP contribution is -2.60. The van der Waals surface area contributed by atoms with Gasteiger partial charge in [-0.25, -0.2) is 32.4 Å². The summed E-state index contributed by atoms with van der Waals surface area (Å²) < 4.78 is 96.0. The first kappa shape index (κ1) is 62.0. The van der Waals surface area contributed by atoms with Crippen LogP contribution in [0.15, 0.2) is 71.6 Å². The smallest absolute Gasteiger partial charge is 0.456 e. The number of alkyl halides is 3. The van der Waals surface area contributed by atoms with Gasteiger partial charge in [-0.05, 0) is 103 Å². The van der Waals surface area contributed by atoms with Gasteiger partial charge in [-0.2, -0.15) is 4.31 Å². The van der Waals surface area contributed by atoms with E-state index in [1.807, 2.05) is 52.0 Å². The zero-order chi connectivity index (χ0) is 58.0. The zero-order valence-corrected chi connectivity index (χ0v) is 48.6. The van der Waals surface area contributed by atoms with Gasteiger partial charge in [0, 0.05) is 58.4 Å². The number of piperazine rings is 2. The normalized spacial score (nSPS) is 16.4. The van der Waals surface area contributed by atoms with Crippen LogP contribution in [-0.2, 0) is 55.0 Å². The second-order valence-corrected chi connectivity index (χ2v) is 24.9. The molecule has 2 aliphatic heterocycles. The van der Waals surface area contributed by atoms with Crippen molar-refractivity contribution in [1.82, 2.24) is 30.2 Å². The molecule has 24 heteroatoms. The molecule has 0 unspecified atom stereocenters. The van der Waals surface area contributed by atoms with E-state index in [2.05, 4.69) is 73.7 Å². The SMILES string of the molecule is CCCc1ccc(CNC(=O)[C@H]2CN(c3nc(C)c(C(=O)OC(C)(C)C)s3)CCN2)cc1.CCCc1ccc(CNC(=O)[C@H]2CN(c3nc(C)c(C(=O)OC(C)(C)C)s3)CCN2S(=O)(=O)c2ccc(OC(F)(F)F)cc2F)cc1. The van der Waals surface area contributed by atoms with Crippen LogP contribution in [-0.4, -0.2) is 115 Å². The topological polar surface area (TPSA) is 202 Å². The number of benzene rings is 3. The molecule has 7 rings (SSSR count). The van der Waals surface area contributed by atoms with Crippen molar-refractivity contribution in [3.05, 3.63) is 116 Å². The number of hydrogen-bond acceptors (Lipinski definition) is 16. The Morgan fingerprint density at radius 2 is 1.15 bits per heavy atom. The number of ether oxygens (including phenoxy) is 3. The van der Waals surface area contributed by atoms with Gasteiger partial charge in [-0.1, -0.05) is 97.9 Å². The summed E-state index contributed by atoms with van der Waals surface area (Å²) in [5.74, 6) is -4.06. The van der Waals surface area contributed by atoms with Crippen molar-refractivity contribution < 1.29 is 59.4 Å². The van der Waals surface area contributed by atoms with Gasteiger partial charge in [0.05, 0.1) is 11.4 Å². The van der Waals surface area contributed by atoms with Crippen LogP contribution in [0.4, 0.5) is 27.8 Å². The first-order chi connectivity index (χ1) is 37.0. The van der Waals surface area contributed by atoms with Crippen LogP contribution in [0.3, 0.4) is 0 Å². The van der Waals surface area contributed by atoms with Gasteiger partial charge < -0.3 is 40.0 Å². The summed E-state index contributed by atoms with van der Waals surface area (Å²) in [7, 11) is -4.74. The lowest BCUT2D eigenvalue weighted by atomic mass is 10.1. The second-order valence-electron chi connectivity index (χ2n) is 21.1. The van der Waals surface area contributed by atoms with Gasteiger partial charge in [-0.3, -0.25) is 9.59 Å². The molecular weight excluding hydrogens is 1090 g/mol. The highest BCUT2D eigenvalue weighted by Gasteiger charge is 2.43. The maximum Gasteiger partial charge on any atom is 0.573 e. The zero-order valence-electron chi connectivity index (χ0n) is 46.1. The number of nitrogens with one attached hydrogen (secondary N) is 3. The number of aromatic nitrogens is 2. The minimum atomic E-state index is -5.11. The molecule has 4 heterocycles. The number of anilines is 2. The van der Waals surface area contributed by atoms with Gasteiger partial charge in [0.2, 0.25) is 21.8 Å². The number of carbonyl (C=O) groups excluding carboxylic acids is 4. The lowest BCUT2D eigenvalue weighted by molar-refractivity contribution is -0.274. The summed E-state index contributed by atoms with van der Waals surface area (Å²) in [6.07, 6.45) is -1.06. The molecule has 79 heavy (non-hydrogen) atoms. The van der Waals surface area contributed by atoms with Gasteiger partial charge in [0.25, 0.3) is 0 Å². The number of halogens is 4. The third-order valence-corrected chi connectivity index (χ3v) is 16.5. The van der Waals surface area contributed by atoms with E-state index in [9.17, 15) is 40.8 Å². The van der Waals surface area contributed by atoms with Gasteiger partial charge in [-0.15, -0.1) is 13.2 Å². The molecule has 0 saturated carbocycles. The van der Waals surface area contributed by atoms with Crippen LogP contribution in [0, 0.1) is 19.7 Å². The number of carbonyl (C=O) groups is 4. The molecule has 2 aromatic heterocycles. The van der Waals surface area contributed by atoms with E-state index in [4.69, 9.17) is 9.47 Å². The number of amides is 2. The summed E-state index contributed by atoms with van der Waals surface area (Å²) in [6, 6.07) is 15.9. The van der Waals surface area contributed by atoms with E-state index in [1.165, 1.54) is 16.9 Å². The molecule has 3 N–H and O–H groups in total. The summed E-state index contributed by atoms with van der Waals surface area (Å²) in [4.78, 5) is 64.3. The number of sulfonamides is 1. The van der Waals surface area contributed by atoms with Crippen molar-refractivity contribution in [3.8, 4) is 5.75 Å². The number of thiazole rings is 2. The van der Waals surface area contributed by atoms with E-state index in [1.54, 1.807) is 32.6 Å². The molecule has 2 amide bonds. The Morgan fingerprint density at radius 1 is 0.684 bits per heavy atom. The highest BCUT2D eigenvalue weighted by atomic mass is 32.2. The van der Waals surface area contributed by atoms with Crippen molar-refractivity contribution >= 4 is 66.7 Å². The van der Waals surface area contributed by atoms with E-state index in [0.29, 0.717) is 59.2 Å². The quantitative estimate of drug-likeness (QED) is 0.0588. The molecule has 3 aromatic carbocycles. The predicted octanol–water partition coefficient (Wildman–Crippen LogP) is 9.05. The Hall–Kier alpha value is -6.21. The number of rotatable bonds is 17. The van der Waals surface area contributed by atoms with Gasteiger partial charge in [0.1, 0.15) is 49.5 Å². The fourth-order valence-corrected chi connectivity index (χ4v) is 12.0. The van der Waals surface area contributed by atoms with Crippen LogP contribution in [0.2, 0.25) is 0 Å². The molecular formula is C55H70F4N8O9S3. The van der Waals surface area contributed by atoms with Crippen LogP contribution in [0.25, 0.3) is 0 Å². The van der Waals surface area contributed by atoms with Crippen molar-refractivity contribution in [1.29, 1.82) is 0 Å². The van der Waals surface area contributed by atoms with Crippen molar-refractivity contribution in [2.75, 3.05) is 49.1 Å². The number of nitrogens with zero attached hydrogens (tertiary/aromatic N) is 5. The number of aryl methyl sites for hydroxylation is 4. The van der Waals surface area contributed by atoms with E-state index < -0.39 is 62.0 Å². The average Bonchev–Trinajstić information content (AvgIpc) is 3.97.